The van der Waals surface area contributed by atoms with Crippen LogP contribution in [-0.4, -0.2) is 30.0 Å². The van der Waals surface area contributed by atoms with Crippen LogP contribution in [0.25, 0.3) is 0 Å². The topological polar surface area (TPSA) is 41.6 Å². The first kappa shape index (κ1) is 18.1. The number of fused-ring (bicyclic) bond motifs is 1. The van der Waals surface area contributed by atoms with E-state index in [1.807, 2.05) is 30.3 Å². The average Bonchev–Trinajstić information content (AvgIpc) is 3.11. The second kappa shape index (κ2) is 8.13. The number of ether oxygens (including phenoxy) is 1. The lowest BCUT2D eigenvalue weighted by Crippen LogP contribution is -2.37. The Morgan fingerprint density at radius 2 is 1.93 bits per heavy atom. The zero-order valence-corrected chi connectivity index (χ0v) is 16.0. The van der Waals surface area contributed by atoms with Crippen molar-refractivity contribution in [2.24, 2.45) is 5.92 Å². The lowest BCUT2D eigenvalue weighted by atomic mass is 9.99. The van der Waals surface area contributed by atoms with E-state index >= 15 is 0 Å². The Labute approximate surface area is 161 Å². The third kappa shape index (κ3) is 4.33. The van der Waals surface area contributed by atoms with E-state index in [0.29, 0.717) is 13.0 Å². The number of hydrogen-bond donors (Lipinski definition) is 1. The molecule has 0 spiro atoms. The van der Waals surface area contributed by atoms with Gasteiger partial charge < -0.3 is 10.1 Å². The van der Waals surface area contributed by atoms with Gasteiger partial charge in [-0.2, -0.15) is 0 Å². The van der Waals surface area contributed by atoms with Gasteiger partial charge in [0.15, 0.2) is 6.10 Å². The van der Waals surface area contributed by atoms with E-state index in [2.05, 4.69) is 35.3 Å². The smallest absolute Gasteiger partial charge is 0.261 e. The molecule has 4 nitrogen and oxygen atoms in total. The minimum absolute atomic E-state index is 0.0346. The summed E-state index contributed by atoms with van der Waals surface area (Å²) in [5.41, 5.74) is 3.61. The average molecular weight is 364 g/mol. The zero-order chi connectivity index (χ0) is 18.6. The van der Waals surface area contributed by atoms with Crippen molar-refractivity contribution in [3.63, 3.8) is 0 Å². The van der Waals surface area contributed by atoms with Gasteiger partial charge in [-0.15, -0.1) is 0 Å². The summed E-state index contributed by atoms with van der Waals surface area (Å²) in [7, 11) is 0. The molecule has 0 aromatic heterocycles. The quantitative estimate of drug-likeness (QED) is 0.882. The van der Waals surface area contributed by atoms with E-state index in [1.165, 1.54) is 30.5 Å². The van der Waals surface area contributed by atoms with Crippen LogP contribution in [-0.2, 0) is 24.3 Å². The molecule has 0 bridgehead atoms. The third-order valence-electron chi connectivity index (χ3n) is 5.65. The summed E-state index contributed by atoms with van der Waals surface area (Å²) in [6, 6.07) is 16.3. The number of amides is 1. The van der Waals surface area contributed by atoms with Crippen LogP contribution in [0.4, 0.5) is 0 Å². The van der Waals surface area contributed by atoms with Crippen LogP contribution in [0, 0.1) is 5.92 Å². The Morgan fingerprint density at radius 1 is 1.15 bits per heavy atom. The number of carbonyl (C=O) groups excluding carboxylic acids is 1. The molecule has 1 N–H and O–H groups in total. The summed E-state index contributed by atoms with van der Waals surface area (Å²) in [5, 5.41) is 3.08. The second-order valence-electron chi connectivity index (χ2n) is 7.89. The molecule has 27 heavy (non-hydrogen) atoms. The van der Waals surface area contributed by atoms with Crippen LogP contribution in [0.2, 0.25) is 0 Å². The first-order valence-corrected chi connectivity index (χ1v) is 10.0. The van der Waals surface area contributed by atoms with Crippen LogP contribution in [0.15, 0.2) is 48.5 Å². The first-order valence-electron chi connectivity index (χ1n) is 10.0. The maximum Gasteiger partial charge on any atom is 0.261 e. The largest absolute Gasteiger partial charge is 0.480 e. The third-order valence-corrected chi connectivity index (χ3v) is 5.65. The van der Waals surface area contributed by atoms with E-state index in [0.717, 1.165) is 30.3 Å². The van der Waals surface area contributed by atoms with Gasteiger partial charge in [0.25, 0.3) is 5.91 Å². The number of rotatable bonds is 5. The van der Waals surface area contributed by atoms with Crippen molar-refractivity contribution in [3.8, 4) is 5.75 Å². The van der Waals surface area contributed by atoms with Crippen molar-refractivity contribution in [2.75, 3.05) is 13.1 Å². The molecular formula is C23H28N2O2. The van der Waals surface area contributed by atoms with Gasteiger partial charge in [0.05, 0.1) is 0 Å². The molecule has 0 saturated carbocycles. The Bertz CT molecular complexity index is 779. The summed E-state index contributed by atoms with van der Waals surface area (Å²) < 4.78 is 5.80. The molecular weight excluding hydrogens is 336 g/mol. The maximum atomic E-state index is 12.6. The molecule has 2 atom stereocenters. The molecule has 1 fully saturated rings. The summed E-state index contributed by atoms with van der Waals surface area (Å²) in [5.74, 6) is 1.57. The van der Waals surface area contributed by atoms with E-state index in [-0.39, 0.29) is 5.91 Å². The van der Waals surface area contributed by atoms with Crippen LogP contribution >= 0.6 is 0 Å². The summed E-state index contributed by atoms with van der Waals surface area (Å²) in [4.78, 5) is 15.1. The Balaban J connectivity index is 1.35. The second-order valence-corrected chi connectivity index (χ2v) is 7.89. The Hall–Kier alpha value is -2.33. The predicted molar refractivity (Wildman–Crippen MR) is 107 cm³/mol. The van der Waals surface area contributed by atoms with Crippen LogP contribution in [0.3, 0.4) is 0 Å². The molecule has 2 unspecified atom stereocenters. The molecule has 2 heterocycles. The number of nitrogens with one attached hydrogen (secondary N) is 1. The molecule has 4 heteroatoms. The highest BCUT2D eigenvalue weighted by Gasteiger charge is 2.28. The highest BCUT2D eigenvalue weighted by atomic mass is 16.5. The van der Waals surface area contributed by atoms with Crippen molar-refractivity contribution in [1.29, 1.82) is 0 Å². The molecule has 1 saturated heterocycles. The molecule has 1 amide bonds. The van der Waals surface area contributed by atoms with Gasteiger partial charge in [-0.3, -0.25) is 9.69 Å². The lowest BCUT2D eigenvalue weighted by molar-refractivity contribution is -0.127. The Morgan fingerprint density at radius 3 is 2.74 bits per heavy atom. The van der Waals surface area contributed by atoms with Crippen molar-refractivity contribution >= 4 is 5.91 Å². The van der Waals surface area contributed by atoms with Gasteiger partial charge in [0, 0.05) is 26.1 Å². The lowest BCUT2D eigenvalue weighted by Gasteiger charge is -2.31. The number of hydrogen-bond acceptors (Lipinski definition) is 3. The molecule has 2 aliphatic heterocycles. The molecule has 2 aliphatic rings. The zero-order valence-electron chi connectivity index (χ0n) is 16.0. The van der Waals surface area contributed by atoms with E-state index < -0.39 is 6.10 Å². The molecule has 2 aromatic rings. The van der Waals surface area contributed by atoms with Gasteiger partial charge >= 0.3 is 0 Å². The first-order chi connectivity index (χ1) is 13.2. The Kier molecular flexibility index (Phi) is 5.44. The molecule has 0 aliphatic carbocycles. The van der Waals surface area contributed by atoms with E-state index in [1.54, 1.807) is 0 Å². The van der Waals surface area contributed by atoms with Crippen LogP contribution in [0.5, 0.6) is 5.75 Å². The minimum atomic E-state index is -0.419. The van der Waals surface area contributed by atoms with Gasteiger partial charge in [0.2, 0.25) is 0 Å². The fraction of sp³-hybridized carbons (Fsp3) is 0.435. The van der Waals surface area contributed by atoms with E-state index in [4.69, 9.17) is 4.74 Å². The fourth-order valence-electron chi connectivity index (χ4n) is 4.18. The number of piperidine rings is 1. The van der Waals surface area contributed by atoms with Crippen LogP contribution < -0.4 is 10.1 Å². The van der Waals surface area contributed by atoms with Crippen molar-refractivity contribution < 1.29 is 9.53 Å². The number of likely N-dealkylation sites (tertiary alicyclic amines) is 1. The minimum Gasteiger partial charge on any atom is -0.480 e. The van der Waals surface area contributed by atoms with Crippen LogP contribution in [0.1, 0.15) is 36.5 Å². The van der Waals surface area contributed by atoms with Crippen molar-refractivity contribution in [2.45, 2.75) is 45.4 Å². The molecule has 0 radical (unpaired) electrons. The molecule has 142 valence electrons. The van der Waals surface area contributed by atoms with Crippen molar-refractivity contribution in [1.82, 2.24) is 10.2 Å². The van der Waals surface area contributed by atoms with Gasteiger partial charge in [0.1, 0.15) is 5.75 Å². The summed E-state index contributed by atoms with van der Waals surface area (Å²) in [6.07, 6.45) is 2.84. The SMILES string of the molecule is CC1CCCN(Cc2ccccc2CNC(=O)C2Cc3ccccc3O2)C1. The summed E-state index contributed by atoms with van der Waals surface area (Å²) in [6.45, 7) is 6.17. The van der Waals surface area contributed by atoms with Gasteiger partial charge in [-0.25, -0.2) is 0 Å². The molecule has 2 aromatic carbocycles. The number of benzene rings is 2. The normalized spacial score (nSPS) is 22.1. The monoisotopic (exact) mass is 364 g/mol. The fourth-order valence-corrected chi connectivity index (χ4v) is 4.18. The predicted octanol–water partition coefficient (Wildman–Crippen LogP) is 3.54. The van der Waals surface area contributed by atoms with Crippen molar-refractivity contribution in [3.05, 3.63) is 65.2 Å². The van der Waals surface area contributed by atoms with E-state index in [9.17, 15) is 4.79 Å². The highest BCUT2D eigenvalue weighted by molar-refractivity contribution is 5.82. The maximum absolute atomic E-state index is 12.6. The number of carbonyl (C=O) groups is 1. The highest BCUT2D eigenvalue weighted by Crippen LogP contribution is 2.28. The number of nitrogens with zero attached hydrogens (tertiary/aromatic N) is 1. The summed E-state index contributed by atoms with van der Waals surface area (Å²) >= 11 is 0. The number of para-hydroxylation sites is 1. The molecule has 4 rings (SSSR count). The van der Waals surface area contributed by atoms with Gasteiger partial charge in [-0.05, 0) is 48.1 Å². The standard InChI is InChI=1S/C23H28N2O2/c1-17-7-6-12-25(15-17)16-20-10-3-2-9-19(20)14-24-23(26)22-13-18-8-4-5-11-21(18)27-22/h2-5,8-11,17,22H,6-7,12-16H2,1H3,(H,24,26). The van der Waals surface area contributed by atoms with Gasteiger partial charge in [-0.1, -0.05) is 49.4 Å².